The third-order valence-electron chi connectivity index (χ3n) is 3.81. The molecule has 4 heteroatoms. The summed E-state index contributed by atoms with van der Waals surface area (Å²) in [6.07, 6.45) is 2.33. The molecule has 2 N–H and O–H groups in total. The normalized spacial score (nSPS) is 32.3. The lowest BCUT2D eigenvalue weighted by atomic mass is 9.86. The number of rotatable bonds is 2. The van der Waals surface area contributed by atoms with Crippen LogP contribution in [0.4, 0.5) is 4.79 Å². The highest BCUT2D eigenvalue weighted by atomic mass is 16.6. The van der Waals surface area contributed by atoms with Crippen molar-refractivity contribution in [3.63, 3.8) is 0 Å². The quantitative estimate of drug-likeness (QED) is 0.773. The number of piperidine rings is 1. The van der Waals surface area contributed by atoms with E-state index in [1.807, 2.05) is 20.8 Å². The number of carbonyl (C=O) groups is 1. The van der Waals surface area contributed by atoms with E-state index in [0.29, 0.717) is 5.92 Å². The van der Waals surface area contributed by atoms with Crippen molar-refractivity contribution in [1.29, 1.82) is 0 Å². The molecule has 2 aliphatic rings. The molecule has 1 aliphatic carbocycles. The average molecular weight is 240 g/mol. The Morgan fingerprint density at radius 2 is 1.88 bits per heavy atom. The Labute approximate surface area is 103 Å². The minimum absolute atomic E-state index is 0.282. The van der Waals surface area contributed by atoms with Crippen LogP contribution < -0.4 is 10.6 Å². The third-order valence-corrected chi connectivity index (χ3v) is 3.81. The van der Waals surface area contributed by atoms with Gasteiger partial charge in [-0.3, -0.25) is 0 Å². The second-order valence-corrected chi connectivity index (χ2v) is 6.30. The van der Waals surface area contributed by atoms with Gasteiger partial charge in [-0.05, 0) is 64.5 Å². The zero-order chi connectivity index (χ0) is 12.5. The van der Waals surface area contributed by atoms with Gasteiger partial charge in [0.15, 0.2) is 0 Å². The van der Waals surface area contributed by atoms with E-state index in [9.17, 15) is 4.79 Å². The molecule has 4 nitrogen and oxygen atoms in total. The molecule has 0 aromatic carbocycles. The van der Waals surface area contributed by atoms with Gasteiger partial charge in [0, 0.05) is 6.54 Å². The van der Waals surface area contributed by atoms with Gasteiger partial charge in [-0.25, -0.2) is 4.79 Å². The predicted octanol–water partition coefficient (Wildman–Crippen LogP) is 1.76. The standard InChI is InChI=1S/C13H24N2O2/c1-13(2,3)17-12(16)15-8-11-9-4-5-10(11)7-14-6-9/h9-11,14H,4-8H2,1-3H3,(H,15,16)/t9-,10-/m0/s1. The molecule has 0 aromatic heterocycles. The number of nitrogens with one attached hydrogen (secondary N) is 2. The molecule has 0 radical (unpaired) electrons. The number of fused-ring (bicyclic) bond motifs is 2. The lowest BCUT2D eigenvalue weighted by Gasteiger charge is -2.31. The van der Waals surface area contributed by atoms with Crippen LogP contribution in [0.1, 0.15) is 33.6 Å². The van der Waals surface area contributed by atoms with Gasteiger partial charge in [0.25, 0.3) is 0 Å². The SMILES string of the molecule is CC(C)(C)OC(=O)NCC1[C@H]2CC[C@H]1CNC2. The summed E-state index contributed by atoms with van der Waals surface area (Å²) >= 11 is 0. The van der Waals surface area contributed by atoms with Gasteiger partial charge < -0.3 is 15.4 Å². The molecule has 2 rings (SSSR count). The number of hydrogen-bond acceptors (Lipinski definition) is 3. The Balaban J connectivity index is 1.77. The molecule has 0 aromatic rings. The number of hydrogen-bond donors (Lipinski definition) is 2. The van der Waals surface area contributed by atoms with Crippen LogP contribution in [0.2, 0.25) is 0 Å². The maximum absolute atomic E-state index is 11.6. The van der Waals surface area contributed by atoms with Crippen molar-refractivity contribution in [2.75, 3.05) is 19.6 Å². The molecule has 1 saturated carbocycles. The number of alkyl carbamates (subject to hydrolysis) is 1. The van der Waals surface area contributed by atoms with E-state index in [4.69, 9.17) is 4.74 Å². The molecule has 2 atom stereocenters. The predicted molar refractivity (Wildman–Crippen MR) is 66.8 cm³/mol. The van der Waals surface area contributed by atoms with E-state index in [1.165, 1.54) is 12.8 Å². The Morgan fingerprint density at radius 3 is 2.41 bits per heavy atom. The van der Waals surface area contributed by atoms with Crippen molar-refractivity contribution >= 4 is 6.09 Å². The molecule has 2 fully saturated rings. The second-order valence-electron chi connectivity index (χ2n) is 6.30. The zero-order valence-corrected chi connectivity index (χ0v) is 11.1. The molecule has 17 heavy (non-hydrogen) atoms. The zero-order valence-electron chi connectivity index (χ0n) is 11.1. The molecule has 2 bridgehead atoms. The van der Waals surface area contributed by atoms with Gasteiger partial charge in [0.2, 0.25) is 0 Å². The fourth-order valence-electron chi connectivity index (χ4n) is 3.05. The van der Waals surface area contributed by atoms with Crippen LogP contribution in [0.3, 0.4) is 0 Å². The Kier molecular flexibility index (Phi) is 3.61. The summed E-state index contributed by atoms with van der Waals surface area (Å²) < 4.78 is 5.25. The lowest BCUT2D eigenvalue weighted by molar-refractivity contribution is 0.0506. The molecule has 98 valence electrons. The highest BCUT2D eigenvalue weighted by Gasteiger charge is 2.38. The van der Waals surface area contributed by atoms with Crippen molar-refractivity contribution in [2.45, 2.75) is 39.2 Å². The van der Waals surface area contributed by atoms with Crippen molar-refractivity contribution < 1.29 is 9.53 Å². The van der Waals surface area contributed by atoms with E-state index < -0.39 is 5.60 Å². The first-order valence-electron chi connectivity index (χ1n) is 6.63. The molecule has 0 unspecified atom stereocenters. The van der Waals surface area contributed by atoms with E-state index in [-0.39, 0.29) is 6.09 Å². The highest BCUT2D eigenvalue weighted by Crippen LogP contribution is 2.38. The Hall–Kier alpha value is -0.770. The Morgan fingerprint density at radius 1 is 1.29 bits per heavy atom. The topological polar surface area (TPSA) is 50.4 Å². The van der Waals surface area contributed by atoms with E-state index >= 15 is 0 Å². The molecule has 1 aliphatic heterocycles. The van der Waals surface area contributed by atoms with Crippen molar-refractivity contribution in [2.24, 2.45) is 17.8 Å². The van der Waals surface area contributed by atoms with Gasteiger partial charge in [-0.15, -0.1) is 0 Å². The molecule has 1 amide bonds. The fraction of sp³-hybridized carbons (Fsp3) is 0.923. The van der Waals surface area contributed by atoms with Gasteiger partial charge in [0.05, 0.1) is 0 Å². The van der Waals surface area contributed by atoms with Crippen LogP contribution in [-0.2, 0) is 4.74 Å². The lowest BCUT2D eigenvalue weighted by Crippen LogP contribution is -2.44. The largest absolute Gasteiger partial charge is 0.444 e. The summed E-state index contributed by atoms with van der Waals surface area (Å²) in [6.45, 7) is 8.66. The summed E-state index contributed by atoms with van der Waals surface area (Å²) in [5, 5.41) is 6.38. The van der Waals surface area contributed by atoms with Gasteiger partial charge >= 0.3 is 6.09 Å². The summed E-state index contributed by atoms with van der Waals surface area (Å²) in [5.41, 5.74) is -0.406. The third kappa shape index (κ3) is 3.35. The second kappa shape index (κ2) is 4.84. The summed E-state index contributed by atoms with van der Waals surface area (Å²) in [5.74, 6) is 2.12. The van der Waals surface area contributed by atoms with Crippen LogP contribution >= 0.6 is 0 Å². The first-order valence-corrected chi connectivity index (χ1v) is 6.63. The van der Waals surface area contributed by atoms with Crippen LogP contribution in [0.5, 0.6) is 0 Å². The molecule has 1 saturated heterocycles. The van der Waals surface area contributed by atoms with Crippen LogP contribution in [-0.4, -0.2) is 31.3 Å². The van der Waals surface area contributed by atoms with Crippen LogP contribution in [0, 0.1) is 17.8 Å². The minimum atomic E-state index is -0.406. The van der Waals surface area contributed by atoms with E-state index in [0.717, 1.165) is 31.5 Å². The Bertz CT molecular complexity index is 270. The number of carbonyl (C=O) groups excluding carboxylic acids is 1. The van der Waals surface area contributed by atoms with Crippen LogP contribution in [0.25, 0.3) is 0 Å². The van der Waals surface area contributed by atoms with Crippen LogP contribution in [0.15, 0.2) is 0 Å². The summed E-state index contributed by atoms with van der Waals surface area (Å²) in [4.78, 5) is 11.6. The fourth-order valence-corrected chi connectivity index (χ4v) is 3.05. The average Bonchev–Trinajstić information content (AvgIpc) is 2.44. The van der Waals surface area contributed by atoms with Crippen molar-refractivity contribution in [3.05, 3.63) is 0 Å². The number of ether oxygens (including phenoxy) is 1. The smallest absolute Gasteiger partial charge is 0.407 e. The molecule has 0 spiro atoms. The highest BCUT2D eigenvalue weighted by molar-refractivity contribution is 5.67. The summed E-state index contributed by atoms with van der Waals surface area (Å²) in [6, 6.07) is 0. The first kappa shape index (κ1) is 12.7. The van der Waals surface area contributed by atoms with E-state index in [1.54, 1.807) is 0 Å². The van der Waals surface area contributed by atoms with Gasteiger partial charge in [-0.2, -0.15) is 0 Å². The molecule has 1 heterocycles. The van der Waals surface area contributed by atoms with Crippen molar-refractivity contribution in [1.82, 2.24) is 10.6 Å². The van der Waals surface area contributed by atoms with Gasteiger partial charge in [0.1, 0.15) is 5.60 Å². The maximum atomic E-state index is 11.6. The van der Waals surface area contributed by atoms with Crippen molar-refractivity contribution in [3.8, 4) is 0 Å². The van der Waals surface area contributed by atoms with Gasteiger partial charge in [-0.1, -0.05) is 0 Å². The first-order chi connectivity index (χ1) is 7.96. The van der Waals surface area contributed by atoms with E-state index in [2.05, 4.69) is 10.6 Å². The monoisotopic (exact) mass is 240 g/mol. The summed E-state index contributed by atoms with van der Waals surface area (Å²) in [7, 11) is 0. The minimum Gasteiger partial charge on any atom is -0.444 e. The maximum Gasteiger partial charge on any atom is 0.407 e. The molecular weight excluding hydrogens is 216 g/mol. The number of amides is 1. The molecular formula is C13H24N2O2.